The Balaban J connectivity index is 2.96. The molecule has 0 amide bonds. The number of ether oxygens (including phenoxy) is 1. The van der Waals surface area contributed by atoms with Gasteiger partial charge in [0.2, 0.25) is 0 Å². The van der Waals surface area contributed by atoms with Crippen molar-refractivity contribution in [2.24, 2.45) is 0 Å². The molecule has 0 aliphatic carbocycles. The van der Waals surface area contributed by atoms with Gasteiger partial charge in [-0.25, -0.2) is 0 Å². The molecule has 0 saturated carbocycles. The Kier molecular flexibility index (Phi) is 4.04. The third-order valence-electron chi connectivity index (χ3n) is 2.74. The molecule has 1 aromatic rings. The molecule has 0 aliphatic rings. The highest BCUT2D eigenvalue weighted by Gasteiger charge is 2.17. The first-order valence-electron chi connectivity index (χ1n) is 5.24. The molecule has 2 nitrogen and oxygen atoms in total. The average molecular weight is 206 g/mol. The Morgan fingerprint density at radius 3 is 2.47 bits per heavy atom. The molecular weight excluding hydrogens is 188 g/mol. The summed E-state index contributed by atoms with van der Waals surface area (Å²) >= 11 is 0. The van der Waals surface area contributed by atoms with Gasteiger partial charge in [0.05, 0.1) is 0 Å². The summed E-state index contributed by atoms with van der Waals surface area (Å²) in [5.41, 5.74) is 3.09. The number of benzene rings is 1. The van der Waals surface area contributed by atoms with Gasteiger partial charge in [-0.1, -0.05) is 19.1 Å². The summed E-state index contributed by atoms with van der Waals surface area (Å²) in [6.07, 6.45) is 0.398. The minimum Gasteiger partial charge on any atom is -0.373 e. The van der Waals surface area contributed by atoms with E-state index in [1.54, 1.807) is 7.11 Å². The van der Waals surface area contributed by atoms with Crippen LogP contribution in [0.1, 0.15) is 34.8 Å². The molecule has 1 unspecified atom stereocenters. The summed E-state index contributed by atoms with van der Waals surface area (Å²) in [6, 6.07) is 5.77. The van der Waals surface area contributed by atoms with Crippen LogP contribution in [0.25, 0.3) is 0 Å². The second-order valence-electron chi connectivity index (χ2n) is 3.80. The molecule has 82 valence electrons. The first-order chi connectivity index (χ1) is 7.10. The Morgan fingerprint density at radius 2 is 2.00 bits per heavy atom. The monoisotopic (exact) mass is 206 g/mol. The molecule has 0 aliphatic heterocycles. The van der Waals surface area contributed by atoms with Gasteiger partial charge in [0, 0.05) is 12.7 Å². The number of methoxy groups -OCH3 is 1. The van der Waals surface area contributed by atoms with Crippen molar-refractivity contribution in [1.29, 1.82) is 0 Å². The normalized spacial score (nSPS) is 12.5. The molecule has 0 aromatic heterocycles. The van der Waals surface area contributed by atoms with Gasteiger partial charge in [-0.15, -0.1) is 0 Å². The average Bonchev–Trinajstić information content (AvgIpc) is 2.23. The van der Waals surface area contributed by atoms with Crippen LogP contribution in [0, 0.1) is 13.8 Å². The topological polar surface area (TPSA) is 26.3 Å². The van der Waals surface area contributed by atoms with E-state index in [1.165, 1.54) is 5.56 Å². The molecule has 15 heavy (non-hydrogen) atoms. The molecule has 2 heteroatoms. The molecule has 0 bridgehead atoms. The number of ketones is 1. The third-order valence-corrected chi connectivity index (χ3v) is 2.74. The van der Waals surface area contributed by atoms with Gasteiger partial charge in [-0.05, 0) is 37.5 Å². The second kappa shape index (κ2) is 5.08. The Hall–Kier alpha value is -1.15. The summed E-state index contributed by atoms with van der Waals surface area (Å²) in [4.78, 5) is 11.9. The van der Waals surface area contributed by atoms with Gasteiger partial charge in [0.1, 0.15) is 6.10 Å². The van der Waals surface area contributed by atoms with Gasteiger partial charge in [-0.2, -0.15) is 0 Å². The van der Waals surface area contributed by atoms with E-state index in [-0.39, 0.29) is 11.9 Å². The third kappa shape index (κ3) is 2.66. The smallest absolute Gasteiger partial charge is 0.191 e. The van der Waals surface area contributed by atoms with Gasteiger partial charge < -0.3 is 4.74 Å². The van der Waals surface area contributed by atoms with Gasteiger partial charge in [0.25, 0.3) is 0 Å². The second-order valence-corrected chi connectivity index (χ2v) is 3.80. The fraction of sp³-hybridized carbons (Fsp3) is 0.462. The van der Waals surface area contributed by atoms with E-state index in [9.17, 15) is 4.79 Å². The number of hydrogen-bond donors (Lipinski definition) is 0. The predicted molar refractivity (Wildman–Crippen MR) is 61.3 cm³/mol. The quantitative estimate of drug-likeness (QED) is 0.708. The van der Waals surface area contributed by atoms with Crippen molar-refractivity contribution in [2.45, 2.75) is 33.3 Å². The number of Topliss-reactive ketones (excluding diaryl/α,β-unsaturated/α-hetero) is 1. The zero-order chi connectivity index (χ0) is 11.4. The lowest BCUT2D eigenvalue weighted by atomic mass is 10.00. The molecule has 0 fully saturated rings. The van der Waals surface area contributed by atoms with Gasteiger partial charge in [-0.3, -0.25) is 4.79 Å². The summed E-state index contributed by atoms with van der Waals surface area (Å²) < 4.78 is 5.14. The van der Waals surface area contributed by atoms with Gasteiger partial charge >= 0.3 is 0 Å². The van der Waals surface area contributed by atoms with Crippen molar-refractivity contribution in [3.05, 3.63) is 34.9 Å². The molecule has 1 aromatic carbocycles. The molecule has 1 atom stereocenters. The van der Waals surface area contributed by atoms with E-state index < -0.39 is 0 Å². The number of carbonyl (C=O) groups is 1. The fourth-order valence-corrected chi connectivity index (χ4v) is 1.54. The summed E-state index contributed by atoms with van der Waals surface area (Å²) in [7, 11) is 1.58. The van der Waals surface area contributed by atoms with E-state index >= 15 is 0 Å². The lowest BCUT2D eigenvalue weighted by Crippen LogP contribution is -2.22. The first kappa shape index (κ1) is 11.9. The van der Waals surface area contributed by atoms with Crippen LogP contribution in [-0.4, -0.2) is 19.0 Å². The van der Waals surface area contributed by atoms with E-state index in [1.807, 2.05) is 39.0 Å². The largest absolute Gasteiger partial charge is 0.373 e. The fourth-order valence-electron chi connectivity index (χ4n) is 1.54. The van der Waals surface area contributed by atoms with E-state index in [2.05, 4.69) is 0 Å². The minimum atomic E-state index is -0.313. The number of hydrogen-bond acceptors (Lipinski definition) is 2. The van der Waals surface area contributed by atoms with Crippen LogP contribution in [0.15, 0.2) is 18.2 Å². The Labute approximate surface area is 91.3 Å². The maximum atomic E-state index is 11.9. The van der Waals surface area contributed by atoms with Crippen molar-refractivity contribution in [3.8, 4) is 0 Å². The predicted octanol–water partition coefficient (Wildman–Crippen LogP) is 2.91. The van der Waals surface area contributed by atoms with Crippen LogP contribution in [0.2, 0.25) is 0 Å². The highest BCUT2D eigenvalue weighted by atomic mass is 16.5. The van der Waals surface area contributed by atoms with Crippen molar-refractivity contribution >= 4 is 5.78 Å². The maximum absolute atomic E-state index is 11.9. The maximum Gasteiger partial charge on any atom is 0.191 e. The highest BCUT2D eigenvalue weighted by Crippen LogP contribution is 2.13. The zero-order valence-electron chi connectivity index (χ0n) is 9.83. The lowest BCUT2D eigenvalue weighted by Gasteiger charge is -2.12. The molecule has 0 N–H and O–H groups in total. The summed E-state index contributed by atoms with van der Waals surface area (Å²) in [6.45, 7) is 6.00. The molecule has 0 radical (unpaired) electrons. The molecule has 0 heterocycles. The minimum absolute atomic E-state index is 0.0723. The Bertz CT molecular complexity index is 352. The van der Waals surface area contributed by atoms with Crippen molar-refractivity contribution in [2.75, 3.05) is 7.11 Å². The first-order valence-corrected chi connectivity index (χ1v) is 5.24. The van der Waals surface area contributed by atoms with Crippen LogP contribution in [0.5, 0.6) is 0 Å². The van der Waals surface area contributed by atoms with Crippen LogP contribution in [0.3, 0.4) is 0 Å². The van der Waals surface area contributed by atoms with E-state index in [0.717, 1.165) is 11.1 Å². The Morgan fingerprint density at radius 1 is 1.33 bits per heavy atom. The van der Waals surface area contributed by atoms with Crippen LogP contribution in [0.4, 0.5) is 0 Å². The number of aryl methyl sites for hydroxylation is 2. The number of rotatable bonds is 4. The van der Waals surface area contributed by atoms with Gasteiger partial charge in [0.15, 0.2) is 5.78 Å². The van der Waals surface area contributed by atoms with E-state index in [0.29, 0.717) is 6.42 Å². The highest BCUT2D eigenvalue weighted by molar-refractivity contribution is 5.99. The SMILES string of the molecule is CCC(OC)C(=O)c1ccc(C)c(C)c1. The van der Waals surface area contributed by atoms with Crippen LogP contribution < -0.4 is 0 Å². The molecule has 0 spiro atoms. The van der Waals surface area contributed by atoms with Crippen LogP contribution >= 0.6 is 0 Å². The molecule has 0 saturated heterocycles. The number of carbonyl (C=O) groups excluding carboxylic acids is 1. The standard InChI is InChI=1S/C13H18O2/c1-5-12(15-4)13(14)11-7-6-9(2)10(3)8-11/h6-8,12H,5H2,1-4H3. The molecule has 1 rings (SSSR count). The summed E-state index contributed by atoms with van der Waals surface area (Å²) in [5, 5.41) is 0. The van der Waals surface area contributed by atoms with Crippen molar-refractivity contribution < 1.29 is 9.53 Å². The zero-order valence-corrected chi connectivity index (χ0v) is 9.83. The lowest BCUT2D eigenvalue weighted by molar-refractivity contribution is 0.0595. The van der Waals surface area contributed by atoms with Crippen molar-refractivity contribution in [1.82, 2.24) is 0 Å². The van der Waals surface area contributed by atoms with E-state index in [4.69, 9.17) is 4.74 Å². The van der Waals surface area contributed by atoms with Crippen molar-refractivity contribution in [3.63, 3.8) is 0 Å². The van der Waals surface area contributed by atoms with Crippen LogP contribution in [-0.2, 0) is 4.74 Å². The molecular formula is C13H18O2. The summed E-state index contributed by atoms with van der Waals surface area (Å²) in [5.74, 6) is 0.0723.